The van der Waals surface area contributed by atoms with Crippen molar-refractivity contribution in [3.63, 3.8) is 0 Å². The van der Waals surface area contributed by atoms with Crippen LogP contribution in [0, 0.1) is 11.7 Å². The predicted octanol–water partition coefficient (Wildman–Crippen LogP) is 4.72. The number of carbonyl (C=O) groups is 1. The Morgan fingerprint density at radius 1 is 1.23 bits per heavy atom. The molecule has 1 aromatic heterocycles. The molecule has 1 aromatic carbocycles. The molecule has 1 amide bonds. The van der Waals surface area contributed by atoms with Crippen molar-refractivity contribution in [1.82, 2.24) is 9.88 Å². The van der Waals surface area contributed by atoms with Gasteiger partial charge in [-0.3, -0.25) is 9.69 Å². The predicted molar refractivity (Wildman–Crippen MR) is 109 cm³/mol. The van der Waals surface area contributed by atoms with Gasteiger partial charge in [-0.25, -0.2) is 9.37 Å². The zero-order chi connectivity index (χ0) is 17.8. The van der Waals surface area contributed by atoms with Crippen LogP contribution in [0.2, 0.25) is 0 Å². The summed E-state index contributed by atoms with van der Waals surface area (Å²) in [5.74, 6) is 0.0373. The Labute approximate surface area is 164 Å². The summed E-state index contributed by atoms with van der Waals surface area (Å²) in [6.07, 6.45) is 6.34. The van der Waals surface area contributed by atoms with Gasteiger partial charge in [-0.1, -0.05) is 30.6 Å². The van der Waals surface area contributed by atoms with E-state index in [0.717, 1.165) is 48.9 Å². The van der Waals surface area contributed by atoms with Crippen molar-refractivity contribution >= 4 is 45.0 Å². The first kappa shape index (κ1) is 21.1. The number of hydrogen-bond acceptors (Lipinski definition) is 4. The number of benzene rings is 1. The van der Waals surface area contributed by atoms with Gasteiger partial charge in [0.2, 0.25) is 5.91 Å². The van der Waals surface area contributed by atoms with E-state index in [1.54, 1.807) is 6.07 Å². The molecule has 0 unspecified atom stereocenters. The molecule has 1 heterocycles. The second kappa shape index (κ2) is 9.62. The fourth-order valence-corrected chi connectivity index (χ4v) is 4.44. The highest BCUT2D eigenvalue weighted by atomic mass is 35.5. The normalized spacial score (nSPS) is 15.2. The van der Waals surface area contributed by atoms with Gasteiger partial charge < -0.3 is 4.90 Å². The molecule has 3 rings (SSSR count). The number of fused-ring (bicyclic) bond motifs is 1. The van der Waals surface area contributed by atoms with Crippen molar-refractivity contribution in [2.24, 2.45) is 5.92 Å². The van der Waals surface area contributed by atoms with Crippen molar-refractivity contribution < 1.29 is 9.18 Å². The second-order valence-corrected chi connectivity index (χ2v) is 8.10. The highest BCUT2D eigenvalue weighted by Gasteiger charge is 2.28. The van der Waals surface area contributed by atoms with Gasteiger partial charge in [0.25, 0.3) is 0 Å². The van der Waals surface area contributed by atoms with E-state index in [0.29, 0.717) is 11.7 Å². The van der Waals surface area contributed by atoms with E-state index in [4.69, 9.17) is 0 Å². The van der Waals surface area contributed by atoms with E-state index in [2.05, 4.69) is 9.88 Å². The summed E-state index contributed by atoms with van der Waals surface area (Å²) in [6, 6.07) is 4.61. The lowest BCUT2D eigenvalue weighted by Gasteiger charge is -2.28. The van der Waals surface area contributed by atoms with Crippen molar-refractivity contribution in [1.29, 1.82) is 0 Å². The van der Waals surface area contributed by atoms with Crippen LogP contribution in [-0.2, 0) is 4.79 Å². The van der Waals surface area contributed by atoms with Crippen LogP contribution in [0.15, 0.2) is 18.2 Å². The molecule has 2 aromatic rings. The molecule has 144 valence electrons. The molecule has 4 nitrogen and oxygen atoms in total. The molecule has 0 aliphatic heterocycles. The lowest BCUT2D eigenvalue weighted by molar-refractivity contribution is -0.123. The molecule has 26 heavy (non-hydrogen) atoms. The van der Waals surface area contributed by atoms with Crippen LogP contribution < -0.4 is 4.90 Å². The van der Waals surface area contributed by atoms with Crippen LogP contribution in [0.1, 0.15) is 38.5 Å². The fraction of sp³-hybridized carbons (Fsp3) is 0.579. The van der Waals surface area contributed by atoms with Gasteiger partial charge >= 0.3 is 0 Å². The van der Waals surface area contributed by atoms with Crippen LogP contribution in [0.3, 0.4) is 0 Å². The SMILES string of the molecule is CN(C)CCCN(C(=O)C1CCCCC1)c1nc2ccc(F)cc2s1.Cl. The summed E-state index contributed by atoms with van der Waals surface area (Å²) in [6.45, 7) is 1.59. The van der Waals surface area contributed by atoms with Gasteiger partial charge in [-0.15, -0.1) is 12.4 Å². The molecular formula is C19H27ClFN3OS. The number of aromatic nitrogens is 1. The lowest BCUT2D eigenvalue weighted by atomic mass is 9.88. The number of hydrogen-bond donors (Lipinski definition) is 0. The van der Waals surface area contributed by atoms with E-state index < -0.39 is 0 Å². The number of carbonyl (C=O) groups excluding carboxylic acids is 1. The van der Waals surface area contributed by atoms with Gasteiger partial charge in [-0.05, 0) is 58.1 Å². The van der Waals surface area contributed by atoms with Gasteiger partial charge in [0.15, 0.2) is 5.13 Å². The molecule has 0 saturated heterocycles. The highest BCUT2D eigenvalue weighted by molar-refractivity contribution is 7.22. The summed E-state index contributed by atoms with van der Waals surface area (Å²) in [5, 5.41) is 0.704. The zero-order valence-corrected chi connectivity index (χ0v) is 17.0. The molecule has 7 heteroatoms. The van der Waals surface area contributed by atoms with Crippen LogP contribution in [0.25, 0.3) is 10.2 Å². The van der Waals surface area contributed by atoms with Crippen LogP contribution >= 0.6 is 23.7 Å². The molecule has 1 saturated carbocycles. The van der Waals surface area contributed by atoms with E-state index in [-0.39, 0.29) is 30.0 Å². The number of halogens is 2. The topological polar surface area (TPSA) is 36.4 Å². The first-order valence-corrected chi connectivity index (χ1v) is 9.88. The first-order valence-electron chi connectivity index (χ1n) is 9.07. The third-order valence-corrected chi connectivity index (χ3v) is 5.82. The minimum atomic E-state index is -0.263. The quantitative estimate of drug-likeness (QED) is 0.705. The summed E-state index contributed by atoms with van der Waals surface area (Å²) < 4.78 is 14.3. The molecule has 1 aliphatic rings. The molecule has 0 spiro atoms. The fourth-order valence-electron chi connectivity index (χ4n) is 3.42. The van der Waals surface area contributed by atoms with Gasteiger partial charge in [0.05, 0.1) is 10.2 Å². The van der Waals surface area contributed by atoms with Gasteiger partial charge in [-0.2, -0.15) is 0 Å². The number of thiazole rings is 1. The lowest BCUT2D eigenvalue weighted by Crippen LogP contribution is -2.38. The maximum atomic E-state index is 13.5. The number of nitrogens with zero attached hydrogens (tertiary/aromatic N) is 3. The van der Waals surface area contributed by atoms with Crippen LogP contribution in [0.5, 0.6) is 0 Å². The van der Waals surface area contributed by atoms with E-state index in [1.165, 1.54) is 29.9 Å². The number of anilines is 1. The zero-order valence-electron chi connectivity index (χ0n) is 15.4. The van der Waals surface area contributed by atoms with Crippen LogP contribution in [0.4, 0.5) is 9.52 Å². The standard InChI is InChI=1S/C19H26FN3OS.ClH/c1-22(2)11-6-12-23(18(24)14-7-4-3-5-8-14)19-21-16-10-9-15(20)13-17(16)25-19;/h9-10,13-14H,3-8,11-12H2,1-2H3;1H. The molecule has 1 aliphatic carbocycles. The average Bonchev–Trinajstić information content (AvgIpc) is 3.01. The van der Waals surface area contributed by atoms with E-state index in [9.17, 15) is 9.18 Å². The highest BCUT2D eigenvalue weighted by Crippen LogP contribution is 2.33. The third-order valence-electron chi connectivity index (χ3n) is 4.78. The molecule has 0 atom stereocenters. The van der Waals surface area contributed by atoms with Crippen molar-refractivity contribution in [2.75, 3.05) is 32.1 Å². The Morgan fingerprint density at radius 3 is 2.65 bits per heavy atom. The van der Waals surface area contributed by atoms with Crippen molar-refractivity contribution in [2.45, 2.75) is 38.5 Å². The molecule has 1 fully saturated rings. The maximum absolute atomic E-state index is 13.5. The Bertz CT molecular complexity index is 731. The summed E-state index contributed by atoms with van der Waals surface area (Å²) in [7, 11) is 4.07. The monoisotopic (exact) mass is 399 g/mol. The smallest absolute Gasteiger partial charge is 0.231 e. The summed E-state index contributed by atoms with van der Waals surface area (Å²) >= 11 is 1.41. The Hall–Kier alpha value is -1.24. The summed E-state index contributed by atoms with van der Waals surface area (Å²) in [5.41, 5.74) is 0.760. The average molecular weight is 400 g/mol. The largest absolute Gasteiger partial charge is 0.309 e. The van der Waals surface area contributed by atoms with Crippen molar-refractivity contribution in [3.8, 4) is 0 Å². The first-order chi connectivity index (χ1) is 12.0. The van der Waals surface area contributed by atoms with Gasteiger partial charge in [0.1, 0.15) is 5.82 Å². The van der Waals surface area contributed by atoms with Crippen molar-refractivity contribution in [3.05, 3.63) is 24.0 Å². The third kappa shape index (κ3) is 5.15. The number of rotatable bonds is 6. The second-order valence-electron chi connectivity index (χ2n) is 7.09. The number of amides is 1. The summed E-state index contributed by atoms with van der Waals surface area (Å²) in [4.78, 5) is 21.7. The molecular weight excluding hydrogens is 373 g/mol. The minimum Gasteiger partial charge on any atom is -0.309 e. The minimum absolute atomic E-state index is 0. The maximum Gasteiger partial charge on any atom is 0.231 e. The van der Waals surface area contributed by atoms with Crippen LogP contribution in [-0.4, -0.2) is 43.0 Å². The Morgan fingerprint density at radius 2 is 1.96 bits per heavy atom. The molecule has 0 bridgehead atoms. The molecule has 0 radical (unpaired) electrons. The molecule has 0 N–H and O–H groups in total. The Balaban J connectivity index is 0.00000243. The van der Waals surface area contributed by atoms with E-state index in [1.807, 2.05) is 19.0 Å². The van der Waals surface area contributed by atoms with E-state index >= 15 is 0 Å². The van der Waals surface area contributed by atoms with Gasteiger partial charge in [0, 0.05) is 12.5 Å². The Kier molecular flexibility index (Phi) is 7.80.